The van der Waals surface area contributed by atoms with Gasteiger partial charge in [0.05, 0.1) is 9.95 Å². The van der Waals surface area contributed by atoms with E-state index in [1.807, 2.05) is 0 Å². The number of hydrogen-bond acceptors (Lipinski definition) is 3. The SMILES string of the molecule is O=[N+]([O-])c1ccc(F)c(Cl)c1S. The quantitative estimate of drug-likeness (QED) is 0.437. The minimum absolute atomic E-state index is 0.151. The summed E-state index contributed by atoms with van der Waals surface area (Å²) in [5.41, 5.74) is -0.301. The molecule has 0 saturated carbocycles. The lowest BCUT2D eigenvalue weighted by molar-refractivity contribution is -0.387. The molecule has 0 saturated heterocycles. The highest BCUT2D eigenvalue weighted by molar-refractivity contribution is 7.80. The van der Waals surface area contributed by atoms with Crippen LogP contribution in [0.15, 0.2) is 17.0 Å². The first-order chi connectivity index (χ1) is 5.54. The van der Waals surface area contributed by atoms with Crippen molar-refractivity contribution in [2.75, 3.05) is 0 Å². The van der Waals surface area contributed by atoms with Crippen molar-refractivity contribution < 1.29 is 9.31 Å². The molecule has 12 heavy (non-hydrogen) atoms. The molecule has 0 aliphatic carbocycles. The third-order valence-electron chi connectivity index (χ3n) is 1.24. The Morgan fingerprint density at radius 2 is 2.17 bits per heavy atom. The molecule has 0 fully saturated rings. The van der Waals surface area contributed by atoms with Crippen molar-refractivity contribution in [3.63, 3.8) is 0 Å². The monoisotopic (exact) mass is 207 g/mol. The Labute approximate surface area is 77.7 Å². The second kappa shape index (κ2) is 3.28. The molecule has 6 heteroatoms. The lowest BCUT2D eigenvalue weighted by Gasteiger charge is -1.98. The summed E-state index contributed by atoms with van der Waals surface area (Å²) < 4.78 is 12.6. The second-order valence-electron chi connectivity index (χ2n) is 1.99. The smallest absolute Gasteiger partial charge is 0.258 e. The molecule has 1 aromatic carbocycles. The molecule has 0 N–H and O–H groups in total. The summed E-state index contributed by atoms with van der Waals surface area (Å²) in [4.78, 5) is 9.44. The van der Waals surface area contributed by atoms with Crippen molar-refractivity contribution >= 4 is 29.9 Å². The number of nitrogens with zero attached hydrogens (tertiary/aromatic N) is 1. The number of nitro groups is 1. The number of halogens is 2. The van der Waals surface area contributed by atoms with E-state index in [1.165, 1.54) is 0 Å². The standard InChI is InChI=1S/C6H3ClFNO2S/c7-5-3(8)1-2-4(6(5)12)9(10)11/h1-2,12H. The Hall–Kier alpha value is -0.810. The van der Waals surface area contributed by atoms with E-state index in [0.29, 0.717) is 0 Å². The van der Waals surface area contributed by atoms with Gasteiger partial charge in [-0.1, -0.05) is 11.6 Å². The van der Waals surface area contributed by atoms with Gasteiger partial charge in [0.15, 0.2) is 0 Å². The van der Waals surface area contributed by atoms with Gasteiger partial charge in [-0.15, -0.1) is 12.6 Å². The zero-order valence-electron chi connectivity index (χ0n) is 5.62. The Kier molecular flexibility index (Phi) is 2.54. The largest absolute Gasteiger partial charge is 0.284 e. The Balaban J connectivity index is 3.36. The predicted octanol–water partition coefficient (Wildman–Crippen LogP) is 2.68. The summed E-state index contributed by atoms with van der Waals surface area (Å²) in [6.07, 6.45) is 0. The van der Waals surface area contributed by atoms with Gasteiger partial charge in [-0.25, -0.2) is 4.39 Å². The molecule has 0 aromatic heterocycles. The third-order valence-corrected chi connectivity index (χ3v) is 2.20. The Bertz CT molecular complexity index is 345. The maximum Gasteiger partial charge on any atom is 0.284 e. The van der Waals surface area contributed by atoms with Crippen LogP contribution in [0.2, 0.25) is 5.02 Å². The van der Waals surface area contributed by atoms with Crippen LogP contribution < -0.4 is 0 Å². The third kappa shape index (κ3) is 1.51. The van der Waals surface area contributed by atoms with Crippen LogP contribution in [0.3, 0.4) is 0 Å². The molecular weight excluding hydrogens is 205 g/mol. The second-order valence-corrected chi connectivity index (χ2v) is 2.81. The van der Waals surface area contributed by atoms with E-state index in [-0.39, 0.29) is 15.6 Å². The van der Waals surface area contributed by atoms with E-state index in [4.69, 9.17) is 11.6 Å². The number of thiol groups is 1. The summed E-state index contributed by atoms with van der Waals surface area (Å²) >= 11 is 9.08. The van der Waals surface area contributed by atoms with Gasteiger partial charge in [-0.2, -0.15) is 0 Å². The minimum Gasteiger partial charge on any atom is -0.258 e. The van der Waals surface area contributed by atoms with Crippen molar-refractivity contribution in [2.45, 2.75) is 4.90 Å². The molecule has 0 radical (unpaired) electrons. The fourth-order valence-electron chi connectivity index (χ4n) is 0.677. The van der Waals surface area contributed by atoms with Gasteiger partial charge in [0, 0.05) is 6.07 Å². The summed E-state index contributed by atoms with van der Waals surface area (Å²) in [5, 5.41) is 9.93. The summed E-state index contributed by atoms with van der Waals surface area (Å²) in [7, 11) is 0. The van der Waals surface area contributed by atoms with E-state index in [1.54, 1.807) is 0 Å². The number of rotatable bonds is 1. The fraction of sp³-hybridized carbons (Fsp3) is 0. The van der Waals surface area contributed by atoms with Gasteiger partial charge in [-0.05, 0) is 6.07 Å². The topological polar surface area (TPSA) is 43.1 Å². The van der Waals surface area contributed by atoms with Gasteiger partial charge in [0.1, 0.15) is 10.7 Å². The molecule has 1 aromatic rings. The molecule has 64 valence electrons. The fourth-order valence-corrected chi connectivity index (χ4v) is 1.10. The van der Waals surface area contributed by atoms with Gasteiger partial charge in [0.25, 0.3) is 5.69 Å². The molecule has 0 aliphatic rings. The average Bonchev–Trinajstić information content (AvgIpc) is 2.00. The van der Waals surface area contributed by atoms with Crippen LogP contribution in [0.25, 0.3) is 0 Å². The summed E-state index contributed by atoms with van der Waals surface area (Å²) in [6, 6.07) is 1.95. The molecule has 0 bridgehead atoms. The molecule has 0 amide bonds. The first-order valence-corrected chi connectivity index (χ1v) is 3.68. The van der Waals surface area contributed by atoms with E-state index in [0.717, 1.165) is 12.1 Å². The van der Waals surface area contributed by atoms with Gasteiger partial charge < -0.3 is 0 Å². The van der Waals surface area contributed by atoms with Crippen LogP contribution in [0.5, 0.6) is 0 Å². The van der Waals surface area contributed by atoms with Crippen LogP contribution in [0.1, 0.15) is 0 Å². The van der Waals surface area contributed by atoms with Gasteiger partial charge in [0.2, 0.25) is 0 Å². The molecule has 0 heterocycles. The molecular formula is C6H3ClFNO2S. The van der Waals surface area contributed by atoms with E-state index >= 15 is 0 Å². The lowest BCUT2D eigenvalue weighted by atomic mass is 10.3. The number of nitro benzene ring substituents is 1. The predicted molar refractivity (Wildman–Crippen MR) is 45.3 cm³/mol. The first-order valence-electron chi connectivity index (χ1n) is 2.85. The van der Waals surface area contributed by atoms with Crippen molar-refractivity contribution in [3.05, 3.63) is 33.1 Å². The molecule has 1 rings (SSSR count). The normalized spacial score (nSPS) is 9.92. The van der Waals surface area contributed by atoms with Crippen LogP contribution in [-0.2, 0) is 0 Å². The van der Waals surface area contributed by atoms with Crippen molar-refractivity contribution in [1.82, 2.24) is 0 Å². The minimum atomic E-state index is -0.715. The molecule has 0 spiro atoms. The highest BCUT2D eigenvalue weighted by Crippen LogP contribution is 2.31. The van der Waals surface area contributed by atoms with Crippen LogP contribution in [0.4, 0.5) is 10.1 Å². The molecule has 3 nitrogen and oxygen atoms in total. The summed E-state index contributed by atoms with van der Waals surface area (Å²) in [5.74, 6) is -0.715. The summed E-state index contributed by atoms with van der Waals surface area (Å²) in [6.45, 7) is 0. The van der Waals surface area contributed by atoms with Crippen molar-refractivity contribution in [1.29, 1.82) is 0 Å². The number of benzene rings is 1. The van der Waals surface area contributed by atoms with Crippen LogP contribution in [0, 0.1) is 15.9 Å². The molecule has 0 atom stereocenters. The zero-order valence-corrected chi connectivity index (χ0v) is 7.27. The Morgan fingerprint density at radius 1 is 1.58 bits per heavy atom. The van der Waals surface area contributed by atoms with Crippen LogP contribution >= 0.6 is 24.2 Å². The van der Waals surface area contributed by atoms with E-state index in [9.17, 15) is 14.5 Å². The van der Waals surface area contributed by atoms with Gasteiger partial charge in [-0.3, -0.25) is 10.1 Å². The molecule has 0 aliphatic heterocycles. The lowest BCUT2D eigenvalue weighted by Crippen LogP contribution is -1.91. The van der Waals surface area contributed by atoms with E-state index in [2.05, 4.69) is 12.6 Å². The maximum absolute atomic E-state index is 12.6. The van der Waals surface area contributed by atoms with Crippen LogP contribution in [-0.4, -0.2) is 4.92 Å². The highest BCUT2D eigenvalue weighted by Gasteiger charge is 2.16. The Morgan fingerprint density at radius 3 is 2.67 bits per heavy atom. The zero-order chi connectivity index (χ0) is 9.30. The maximum atomic E-state index is 12.6. The van der Waals surface area contributed by atoms with Crippen molar-refractivity contribution in [3.8, 4) is 0 Å². The molecule has 0 unspecified atom stereocenters. The van der Waals surface area contributed by atoms with Gasteiger partial charge >= 0.3 is 0 Å². The first kappa shape index (κ1) is 9.28. The highest BCUT2D eigenvalue weighted by atomic mass is 35.5. The van der Waals surface area contributed by atoms with E-state index < -0.39 is 10.7 Å². The number of hydrogen-bond donors (Lipinski definition) is 1. The van der Waals surface area contributed by atoms with Crippen molar-refractivity contribution in [2.24, 2.45) is 0 Å². The average molecular weight is 208 g/mol.